The van der Waals surface area contributed by atoms with Crippen LogP contribution in [0.3, 0.4) is 0 Å². The molecule has 0 spiro atoms. The lowest BCUT2D eigenvalue weighted by atomic mass is 10.0. The summed E-state index contributed by atoms with van der Waals surface area (Å²) in [5.41, 5.74) is 0.384. The van der Waals surface area contributed by atoms with Crippen molar-refractivity contribution >= 4 is 29.3 Å². The SMILES string of the molecule is CCCCCC(=O)C(CC(=O)OCC)NC(=O)c1ccc(Cl)cc1. The summed E-state index contributed by atoms with van der Waals surface area (Å²) in [5.74, 6) is -1.06. The molecule has 6 heteroatoms. The van der Waals surface area contributed by atoms with E-state index in [0.29, 0.717) is 17.0 Å². The van der Waals surface area contributed by atoms with Crippen molar-refractivity contribution in [1.82, 2.24) is 5.32 Å². The summed E-state index contributed by atoms with van der Waals surface area (Å²) in [6, 6.07) is 5.46. The minimum absolute atomic E-state index is 0.154. The van der Waals surface area contributed by atoms with Gasteiger partial charge in [-0.1, -0.05) is 31.4 Å². The van der Waals surface area contributed by atoms with E-state index < -0.39 is 17.9 Å². The Bertz CT molecular complexity index is 557. The monoisotopic (exact) mass is 353 g/mol. The van der Waals surface area contributed by atoms with Gasteiger partial charge in [-0.25, -0.2) is 0 Å². The molecule has 0 aliphatic rings. The number of hydrogen-bond donors (Lipinski definition) is 1. The van der Waals surface area contributed by atoms with Crippen molar-refractivity contribution < 1.29 is 19.1 Å². The lowest BCUT2D eigenvalue weighted by Crippen LogP contribution is -2.42. The number of unbranched alkanes of at least 4 members (excludes halogenated alkanes) is 2. The van der Waals surface area contributed by atoms with Crippen LogP contribution >= 0.6 is 11.6 Å². The molecule has 0 heterocycles. The van der Waals surface area contributed by atoms with E-state index in [1.807, 2.05) is 6.92 Å². The number of hydrogen-bond acceptors (Lipinski definition) is 4. The average Bonchev–Trinajstić information content (AvgIpc) is 2.55. The molecule has 1 unspecified atom stereocenters. The molecular formula is C18H24ClNO4. The molecule has 5 nitrogen and oxygen atoms in total. The van der Waals surface area contributed by atoms with E-state index in [4.69, 9.17) is 16.3 Å². The molecule has 1 aromatic carbocycles. The number of benzene rings is 1. The highest BCUT2D eigenvalue weighted by atomic mass is 35.5. The minimum Gasteiger partial charge on any atom is -0.466 e. The fraction of sp³-hybridized carbons (Fsp3) is 0.500. The third-order valence-electron chi connectivity index (χ3n) is 3.50. The Hall–Kier alpha value is -1.88. The third kappa shape index (κ3) is 7.13. The molecule has 24 heavy (non-hydrogen) atoms. The van der Waals surface area contributed by atoms with Gasteiger partial charge in [-0.3, -0.25) is 14.4 Å². The molecule has 1 amide bonds. The van der Waals surface area contributed by atoms with E-state index >= 15 is 0 Å². The van der Waals surface area contributed by atoms with Gasteiger partial charge in [0.25, 0.3) is 5.91 Å². The van der Waals surface area contributed by atoms with Crippen LogP contribution in [0.15, 0.2) is 24.3 Å². The highest BCUT2D eigenvalue weighted by Gasteiger charge is 2.24. The standard InChI is InChI=1S/C18H24ClNO4/c1-3-5-6-7-16(21)15(12-17(22)24-4-2)20-18(23)13-8-10-14(19)11-9-13/h8-11,15H,3-7,12H2,1-2H3,(H,20,23). The number of Topliss-reactive ketones (excluding diaryl/α,β-unsaturated/α-hetero) is 1. The van der Waals surface area contributed by atoms with Crippen molar-refractivity contribution in [3.63, 3.8) is 0 Å². The molecule has 0 saturated heterocycles. The number of carbonyl (C=O) groups is 3. The first kappa shape index (κ1) is 20.2. The third-order valence-corrected chi connectivity index (χ3v) is 3.76. The average molecular weight is 354 g/mol. The number of rotatable bonds is 10. The van der Waals surface area contributed by atoms with Gasteiger partial charge in [0.2, 0.25) is 0 Å². The summed E-state index contributed by atoms with van der Waals surface area (Å²) in [6.45, 7) is 3.98. The number of ether oxygens (including phenoxy) is 1. The van der Waals surface area contributed by atoms with Crippen LogP contribution in [0.1, 0.15) is 56.3 Å². The van der Waals surface area contributed by atoms with Gasteiger partial charge in [0, 0.05) is 17.0 Å². The Labute approximate surface area is 147 Å². The molecule has 1 aromatic rings. The Morgan fingerprint density at radius 1 is 1.12 bits per heavy atom. The Morgan fingerprint density at radius 3 is 2.38 bits per heavy atom. The molecule has 0 saturated carbocycles. The number of ketones is 1. The number of nitrogens with one attached hydrogen (secondary N) is 1. The van der Waals surface area contributed by atoms with Crippen LogP contribution in [-0.2, 0) is 14.3 Å². The normalized spacial score (nSPS) is 11.6. The molecule has 0 aliphatic carbocycles. The Morgan fingerprint density at radius 2 is 1.79 bits per heavy atom. The number of esters is 1. The van der Waals surface area contributed by atoms with E-state index in [2.05, 4.69) is 5.32 Å². The van der Waals surface area contributed by atoms with E-state index in [0.717, 1.165) is 19.3 Å². The van der Waals surface area contributed by atoms with E-state index in [9.17, 15) is 14.4 Å². The zero-order valence-corrected chi connectivity index (χ0v) is 14.9. The van der Waals surface area contributed by atoms with E-state index in [1.165, 1.54) is 0 Å². The van der Waals surface area contributed by atoms with Gasteiger partial charge in [-0.15, -0.1) is 0 Å². The van der Waals surface area contributed by atoms with Crippen molar-refractivity contribution in [2.45, 2.75) is 52.0 Å². The first-order valence-electron chi connectivity index (χ1n) is 8.22. The highest BCUT2D eigenvalue weighted by Crippen LogP contribution is 2.11. The quantitative estimate of drug-likeness (QED) is 0.515. The largest absolute Gasteiger partial charge is 0.466 e. The first-order chi connectivity index (χ1) is 11.5. The molecule has 1 rings (SSSR count). The van der Waals surface area contributed by atoms with Crippen LogP contribution in [0.25, 0.3) is 0 Å². The van der Waals surface area contributed by atoms with Crippen LogP contribution < -0.4 is 5.32 Å². The van der Waals surface area contributed by atoms with Gasteiger partial charge in [0.1, 0.15) is 0 Å². The van der Waals surface area contributed by atoms with Crippen LogP contribution in [-0.4, -0.2) is 30.3 Å². The first-order valence-corrected chi connectivity index (χ1v) is 8.60. The number of halogens is 1. The Balaban J connectivity index is 2.75. The zero-order valence-electron chi connectivity index (χ0n) is 14.1. The van der Waals surface area contributed by atoms with Crippen molar-refractivity contribution in [2.75, 3.05) is 6.61 Å². The van der Waals surface area contributed by atoms with Crippen LogP contribution in [0.5, 0.6) is 0 Å². The van der Waals surface area contributed by atoms with Crippen LogP contribution in [0.4, 0.5) is 0 Å². The fourth-order valence-corrected chi connectivity index (χ4v) is 2.32. The molecule has 1 N–H and O–H groups in total. The molecular weight excluding hydrogens is 330 g/mol. The van der Waals surface area contributed by atoms with Gasteiger partial charge >= 0.3 is 5.97 Å². The van der Waals surface area contributed by atoms with Gasteiger partial charge in [0.15, 0.2) is 5.78 Å². The maximum atomic E-state index is 12.3. The molecule has 0 fully saturated rings. The molecule has 1 atom stereocenters. The predicted molar refractivity (Wildman–Crippen MR) is 93.1 cm³/mol. The smallest absolute Gasteiger partial charge is 0.308 e. The summed E-state index contributed by atoms with van der Waals surface area (Å²) in [5, 5.41) is 3.16. The molecule has 0 aromatic heterocycles. The minimum atomic E-state index is -0.871. The topological polar surface area (TPSA) is 72.5 Å². The number of amides is 1. The maximum absolute atomic E-state index is 12.3. The second kappa shape index (κ2) is 10.8. The molecule has 132 valence electrons. The lowest BCUT2D eigenvalue weighted by molar-refractivity contribution is -0.145. The van der Waals surface area contributed by atoms with Crippen molar-refractivity contribution in [1.29, 1.82) is 0 Å². The molecule has 0 aliphatic heterocycles. The highest BCUT2D eigenvalue weighted by molar-refractivity contribution is 6.30. The summed E-state index contributed by atoms with van der Waals surface area (Å²) in [4.78, 5) is 36.3. The summed E-state index contributed by atoms with van der Waals surface area (Å²) < 4.78 is 4.89. The second-order valence-electron chi connectivity index (χ2n) is 5.47. The number of carbonyl (C=O) groups excluding carboxylic acids is 3. The van der Waals surface area contributed by atoms with Crippen molar-refractivity contribution in [3.8, 4) is 0 Å². The predicted octanol–water partition coefficient (Wildman–Crippen LogP) is 3.54. The van der Waals surface area contributed by atoms with Gasteiger partial charge in [-0.05, 0) is 37.6 Å². The lowest BCUT2D eigenvalue weighted by Gasteiger charge is -2.17. The molecule has 0 radical (unpaired) electrons. The zero-order chi connectivity index (χ0) is 17.9. The van der Waals surface area contributed by atoms with Crippen molar-refractivity contribution in [2.24, 2.45) is 0 Å². The molecule has 0 bridgehead atoms. The van der Waals surface area contributed by atoms with E-state index in [1.54, 1.807) is 31.2 Å². The van der Waals surface area contributed by atoms with Crippen LogP contribution in [0.2, 0.25) is 5.02 Å². The summed E-state index contributed by atoms with van der Waals surface area (Å²) >= 11 is 5.80. The van der Waals surface area contributed by atoms with Gasteiger partial charge in [-0.2, -0.15) is 0 Å². The van der Waals surface area contributed by atoms with Gasteiger partial charge < -0.3 is 10.1 Å². The summed E-state index contributed by atoms with van der Waals surface area (Å²) in [7, 11) is 0. The van der Waals surface area contributed by atoms with Gasteiger partial charge in [0.05, 0.1) is 19.1 Å². The summed E-state index contributed by atoms with van der Waals surface area (Å²) in [6.07, 6.45) is 2.85. The van der Waals surface area contributed by atoms with Crippen molar-refractivity contribution in [3.05, 3.63) is 34.9 Å². The van der Waals surface area contributed by atoms with E-state index in [-0.39, 0.29) is 18.8 Å². The van der Waals surface area contributed by atoms with Crippen LogP contribution in [0, 0.1) is 0 Å². The fourth-order valence-electron chi connectivity index (χ4n) is 2.20. The Kier molecular flexibility index (Phi) is 9.08. The maximum Gasteiger partial charge on any atom is 0.308 e. The second-order valence-corrected chi connectivity index (χ2v) is 5.90.